The number of carbonyl (C=O) groups is 4. The van der Waals surface area contributed by atoms with E-state index in [0.717, 1.165) is 11.1 Å². The van der Waals surface area contributed by atoms with E-state index in [1.165, 1.54) is 11.8 Å². The van der Waals surface area contributed by atoms with Crippen molar-refractivity contribution in [3.63, 3.8) is 0 Å². The molecule has 198 valence electrons. The van der Waals surface area contributed by atoms with Crippen molar-refractivity contribution in [2.45, 2.75) is 64.6 Å². The highest BCUT2D eigenvalue weighted by molar-refractivity contribution is 6.06. The van der Waals surface area contributed by atoms with Crippen molar-refractivity contribution in [3.05, 3.63) is 65.7 Å². The molecule has 9 heteroatoms. The fraction of sp³-hybridized carbons (Fsp3) is 0.429. The minimum absolute atomic E-state index is 0.0589. The number of anilines is 1. The van der Waals surface area contributed by atoms with Crippen molar-refractivity contribution in [2.24, 2.45) is 5.92 Å². The second kappa shape index (κ2) is 11.9. The lowest BCUT2D eigenvalue weighted by Crippen LogP contribution is -2.55. The number of carbonyl (C=O) groups excluding carboxylic acids is 3. The second-order valence-corrected chi connectivity index (χ2v) is 10.3. The molecule has 2 aromatic carbocycles. The van der Waals surface area contributed by atoms with Gasteiger partial charge in [0.15, 0.2) is 0 Å². The number of fused-ring (bicyclic) bond motifs is 1. The molecular formula is C28H35N3O6. The predicted octanol–water partition coefficient (Wildman–Crippen LogP) is 3.31. The molecule has 0 fully saturated rings. The first kappa shape index (κ1) is 27.7. The van der Waals surface area contributed by atoms with Gasteiger partial charge in [0.2, 0.25) is 11.8 Å². The molecule has 3 atom stereocenters. The molecule has 0 bridgehead atoms. The van der Waals surface area contributed by atoms with E-state index < -0.39 is 47.5 Å². The Labute approximate surface area is 217 Å². The fourth-order valence-corrected chi connectivity index (χ4v) is 4.16. The van der Waals surface area contributed by atoms with E-state index in [1.54, 1.807) is 32.9 Å². The summed E-state index contributed by atoms with van der Waals surface area (Å²) in [4.78, 5) is 52.4. The molecule has 1 aliphatic rings. The lowest BCUT2D eigenvalue weighted by molar-refractivity contribution is -0.141. The molecule has 9 nitrogen and oxygen atoms in total. The molecule has 3 rings (SSSR count). The Balaban J connectivity index is 1.87. The average Bonchev–Trinajstić information content (AvgIpc) is 3.23. The number of carboxylic acids is 1. The zero-order valence-electron chi connectivity index (χ0n) is 21.7. The largest absolute Gasteiger partial charge is 0.481 e. The van der Waals surface area contributed by atoms with Crippen LogP contribution in [0.5, 0.6) is 0 Å². The number of hydrogen-bond donors (Lipinski definition) is 3. The molecule has 0 spiro atoms. The van der Waals surface area contributed by atoms with E-state index >= 15 is 0 Å². The van der Waals surface area contributed by atoms with Gasteiger partial charge in [-0.15, -0.1) is 0 Å². The van der Waals surface area contributed by atoms with Gasteiger partial charge in [-0.1, -0.05) is 55.5 Å². The molecular weight excluding hydrogens is 474 g/mol. The number of amides is 3. The third-order valence-corrected chi connectivity index (χ3v) is 6.07. The third-order valence-electron chi connectivity index (χ3n) is 6.07. The van der Waals surface area contributed by atoms with Crippen LogP contribution in [0.25, 0.3) is 0 Å². The third kappa shape index (κ3) is 7.55. The lowest BCUT2D eigenvalue weighted by Gasteiger charge is -2.30. The number of benzene rings is 2. The first-order valence-corrected chi connectivity index (χ1v) is 12.4. The number of nitrogens with one attached hydrogen (secondary N) is 2. The molecule has 3 amide bonds. The number of para-hydroxylation sites is 1. The van der Waals surface area contributed by atoms with Crippen LogP contribution >= 0.6 is 0 Å². The van der Waals surface area contributed by atoms with E-state index in [4.69, 9.17) is 9.84 Å². The highest BCUT2D eigenvalue weighted by Gasteiger charge is 2.41. The number of aliphatic carboxylic acids is 1. The number of rotatable bonds is 9. The summed E-state index contributed by atoms with van der Waals surface area (Å²) in [5.41, 5.74) is 1.67. The van der Waals surface area contributed by atoms with Crippen LogP contribution in [0, 0.1) is 5.92 Å². The van der Waals surface area contributed by atoms with Crippen molar-refractivity contribution in [1.82, 2.24) is 10.6 Å². The molecule has 1 aliphatic heterocycles. The summed E-state index contributed by atoms with van der Waals surface area (Å²) in [6, 6.07) is 15.0. The molecule has 0 saturated heterocycles. The van der Waals surface area contributed by atoms with Crippen LogP contribution < -0.4 is 15.5 Å². The summed E-state index contributed by atoms with van der Waals surface area (Å²) < 4.78 is 5.41. The Morgan fingerprint density at radius 1 is 1.05 bits per heavy atom. The minimum Gasteiger partial charge on any atom is -0.481 e. The topological polar surface area (TPSA) is 125 Å². The van der Waals surface area contributed by atoms with Crippen LogP contribution in [0.4, 0.5) is 10.5 Å². The number of hydrogen-bond acceptors (Lipinski definition) is 5. The van der Waals surface area contributed by atoms with Gasteiger partial charge in [0.05, 0.1) is 5.92 Å². The average molecular weight is 510 g/mol. The molecule has 0 aliphatic carbocycles. The van der Waals surface area contributed by atoms with Gasteiger partial charge in [0, 0.05) is 18.7 Å². The lowest BCUT2D eigenvalue weighted by atomic mass is 10.0. The summed E-state index contributed by atoms with van der Waals surface area (Å²) in [5, 5.41) is 14.5. The maximum absolute atomic E-state index is 14.0. The second-order valence-electron chi connectivity index (χ2n) is 10.3. The van der Waals surface area contributed by atoms with Gasteiger partial charge in [-0.3, -0.25) is 19.3 Å². The molecule has 3 N–H and O–H groups in total. The number of ether oxygens (including phenoxy) is 1. The Morgan fingerprint density at radius 3 is 2.35 bits per heavy atom. The number of nitrogens with zero attached hydrogens (tertiary/aromatic N) is 1. The number of alkyl carbamates (subject to hydrolysis) is 1. The number of carboxylic acid groups (broad SMARTS) is 1. The van der Waals surface area contributed by atoms with Gasteiger partial charge in [0.25, 0.3) is 0 Å². The summed E-state index contributed by atoms with van der Waals surface area (Å²) in [7, 11) is 0. The van der Waals surface area contributed by atoms with Gasteiger partial charge >= 0.3 is 12.1 Å². The Kier molecular flexibility index (Phi) is 8.91. The highest BCUT2D eigenvalue weighted by Crippen LogP contribution is 2.33. The zero-order valence-corrected chi connectivity index (χ0v) is 21.7. The quantitative estimate of drug-likeness (QED) is 0.476. The number of aryl methyl sites for hydroxylation is 1. The summed E-state index contributed by atoms with van der Waals surface area (Å²) in [5.74, 6) is -2.68. The van der Waals surface area contributed by atoms with Crippen LogP contribution in [-0.4, -0.2) is 53.2 Å². The first-order valence-electron chi connectivity index (χ1n) is 12.4. The van der Waals surface area contributed by atoms with Crippen LogP contribution in [0.3, 0.4) is 0 Å². The van der Waals surface area contributed by atoms with Gasteiger partial charge in [-0.05, 0) is 50.8 Å². The van der Waals surface area contributed by atoms with Crippen molar-refractivity contribution in [2.75, 3.05) is 11.4 Å². The van der Waals surface area contributed by atoms with Crippen LogP contribution in [-0.2, 0) is 32.0 Å². The SMILES string of the molecule is CC(CNC(=O)C1Cc2ccccc2N1C(=O)[C@H](CCc1ccccc1)NC(=O)OC(C)(C)C)C(=O)O. The predicted molar refractivity (Wildman–Crippen MR) is 139 cm³/mol. The molecule has 1 heterocycles. The molecule has 2 aromatic rings. The summed E-state index contributed by atoms with van der Waals surface area (Å²) in [6.07, 6.45) is 0.385. The van der Waals surface area contributed by atoms with Crippen LogP contribution in [0.15, 0.2) is 54.6 Å². The van der Waals surface area contributed by atoms with E-state index in [2.05, 4.69) is 10.6 Å². The smallest absolute Gasteiger partial charge is 0.408 e. The molecule has 2 unspecified atom stereocenters. The van der Waals surface area contributed by atoms with Gasteiger partial charge in [0.1, 0.15) is 17.7 Å². The van der Waals surface area contributed by atoms with E-state index in [-0.39, 0.29) is 13.0 Å². The molecule has 0 radical (unpaired) electrons. The molecule has 0 aromatic heterocycles. The van der Waals surface area contributed by atoms with E-state index in [0.29, 0.717) is 18.5 Å². The van der Waals surface area contributed by atoms with Gasteiger partial charge in [-0.2, -0.15) is 0 Å². The Bertz CT molecular complexity index is 1130. The highest BCUT2D eigenvalue weighted by atomic mass is 16.6. The van der Waals surface area contributed by atoms with Crippen LogP contribution in [0.1, 0.15) is 45.2 Å². The van der Waals surface area contributed by atoms with Gasteiger partial charge in [-0.25, -0.2) is 4.79 Å². The van der Waals surface area contributed by atoms with Crippen molar-refractivity contribution in [3.8, 4) is 0 Å². The molecule has 37 heavy (non-hydrogen) atoms. The van der Waals surface area contributed by atoms with Crippen molar-refractivity contribution >= 4 is 29.6 Å². The zero-order chi connectivity index (χ0) is 27.2. The maximum Gasteiger partial charge on any atom is 0.408 e. The van der Waals surface area contributed by atoms with E-state index in [1.807, 2.05) is 42.5 Å². The standard InChI is InChI=1S/C28H35N3O6/c1-18(26(34)35)17-29-24(32)23-16-20-12-8-9-13-22(20)31(23)25(33)21(30-27(36)37-28(2,3)4)15-14-19-10-6-5-7-11-19/h5-13,18,21,23H,14-17H2,1-4H3,(H,29,32)(H,30,36)(H,34,35)/t18?,21-,23?/m0/s1. The first-order chi connectivity index (χ1) is 17.5. The summed E-state index contributed by atoms with van der Waals surface area (Å²) in [6.45, 7) is 6.66. The van der Waals surface area contributed by atoms with E-state index in [9.17, 15) is 19.2 Å². The fourth-order valence-electron chi connectivity index (χ4n) is 4.16. The molecule has 0 saturated carbocycles. The van der Waals surface area contributed by atoms with Crippen LogP contribution in [0.2, 0.25) is 0 Å². The Morgan fingerprint density at radius 2 is 1.70 bits per heavy atom. The minimum atomic E-state index is -1.02. The van der Waals surface area contributed by atoms with Crippen molar-refractivity contribution < 1.29 is 29.0 Å². The monoisotopic (exact) mass is 509 g/mol. The van der Waals surface area contributed by atoms with Gasteiger partial charge < -0.3 is 20.5 Å². The maximum atomic E-state index is 14.0. The van der Waals surface area contributed by atoms with Crippen molar-refractivity contribution in [1.29, 1.82) is 0 Å². The normalized spacial score (nSPS) is 16.3. The Hall–Kier alpha value is -3.88. The summed E-state index contributed by atoms with van der Waals surface area (Å²) >= 11 is 0.